The number of piperazine rings is 1. The standard InChI is InChI=1S/C56H67FN10O9S2/c1-36(2)44-7-5-6-8-45(44)50-35-64(34-38-9-11-39(12-10-38)62-77(4,72)73)23-24-66(50)41-28-56(29-41)19-21-65(22-20-56)40-13-14-46(51(25-40)76-42-26-47-48(57)33-61-52(47)59-31-42)54(68)63-78(74,75)43-27-49(67(70)71)53(60-32-43)58-30-37-15-17-55(3,69)18-16-37/h5-14,25-27,31-33,36-37,41,50,62,69H,15-24,28-30,34-35H2,1-4H3,(H,58,60)(H,59,61)(H,63,68)/t37?,50-,55?/m0/s1. The number of benzene rings is 3. The molecule has 4 fully saturated rings. The number of nitrogens with one attached hydrogen (secondary N) is 4. The summed E-state index contributed by atoms with van der Waals surface area (Å²) in [7, 11) is -8.10. The third-order valence-electron chi connectivity index (χ3n) is 16.4. The molecule has 10 rings (SSSR count). The van der Waals surface area contributed by atoms with Gasteiger partial charge in [-0.05, 0) is 123 Å². The first-order valence-corrected chi connectivity index (χ1v) is 30.0. The summed E-state index contributed by atoms with van der Waals surface area (Å²) in [4.78, 5) is 43.5. The van der Waals surface area contributed by atoms with Gasteiger partial charge in [-0.15, -0.1) is 0 Å². The van der Waals surface area contributed by atoms with Crippen LogP contribution in [-0.4, -0.2) is 115 Å². The maximum absolute atomic E-state index is 14.7. The number of fused-ring (bicyclic) bond motifs is 1. The molecule has 2 saturated carbocycles. The first-order valence-electron chi connectivity index (χ1n) is 26.6. The van der Waals surface area contributed by atoms with Gasteiger partial charge in [0.15, 0.2) is 0 Å². The van der Waals surface area contributed by atoms with Crippen LogP contribution in [0.25, 0.3) is 11.0 Å². The number of ether oxygens (including phenoxy) is 1. The Kier molecular flexibility index (Phi) is 15.3. The molecule has 1 spiro atoms. The topological polar surface area (TPSA) is 245 Å². The van der Waals surface area contributed by atoms with E-state index in [1.807, 2.05) is 24.3 Å². The molecule has 2 saturated heterocycles. The molecule has 19 nitrogen and oxygen atoms in total. The third kappa shape index (κ3) is 12.3. The maximum atomic E-state index is 14.7. The number of piperidine rings is 1. The van der Waals surface area contributed by atoms with Gasteiger partial charge in [0.25, 0.3) is 15.9 Å². The molecule has 3 aromatic carbocycles. The maximum Gasteiger partial charge on any atom is 0.312 e. The number of rotatable bonds is 17. The monoisotopic (exact) mass is 1110 g/mol. The van der Waals surface area contributed by atoms with Gasteiger partial charge < -0.3 is 25.0 Å². The lowest BCUT2D eigenvalue weighted by atomic mass is 9.59. The van der Waals surface area contributed by atoms with Crippen LogP contribution in [0, 0.1) is 27.3 Å². The van der Waals surface area contributed by atoms with Gasteiger partial charge in [-0.3, -0.25) is 29.4 Å². The number of sulfonamides is 2. The highest BCUT2D eigenvalue weighted by molar-refractivity contribution is 7.92. The molecule has 2 aliphatic heterocycles. The molecule has 4 aliphatic rings. The molecule has 0 unspecified atom stereocenters. The van der Waals surface area contributed by atoms with E-state index >= 15 is 0 Å². The van der Waals surface area contributed by atoms with Gasteiger partial charge in [0.2, 0.25) is 15.8 Å². The summed E-state index contributed by atoms with van der Waals surface area (Å²) in [6.07, 6.45) is 11.2. The van der Waals surface area contributed by atoms with E-state index in [-0.39, 0.29) is 51.3 Å². The molecule has 0 radical (unpaired) electrons. The smallest absolute Gasteiger partial charge is 0.312 e. The van der Waals surface area contributed by atoms with Crippen molar-refractivity contribution < 1.29 is 40.8 Å². The Morgan fingerprint density at radius 1 is 0.949 bits per heavy atom. The van der Waals surface area contributed by atoms with Crippen molar-refractivity contribution in [1.82, 2.24) is 29.5 Å². The van der Waals surface area contributed by atoms with Crippen LogP contribution < -0.4 is 24.4 Å². The Hall–Kier alpha value is -6.72. The summed E-state index contributed by atoms with van der Waals surface area (Å²) in [6, 6.07) is 24.1. The van der Waals surface area contributed by atoms with E-state index in [1.54, 1.807) is 19.1 Å². The number of hydrogen-bond donors (Lipinski definition) is 5. The highest BCUT2D eigenvalue weighted by Crippen LogP contribution is 2.53. The summed E-state index contributed by atoms with van der Waals surface area (Å²) in [5.74, 6) is -1.17. The SMILES string of the molecule is CC(C)c1ccccc1[C@@H]1CN(Cc2ccc(NS(C)(=O)=O)cc2)CCN1C1CC2(CCN(c3ccc(C(=O)NS(=O)(=O)c4cnc(NCC5CCC(C)(O)CC5)c([N+](=O)[O-])c4)c(Oc4cnc5[nH]cc(F)c5c4)c3)CC2)C1. The number of pyridine rings is 2. The van der Waals surface area contributed by atoms with Crippen LogP contribution in [0.15, 0.2) is 102 Å². The van der Waals surface area contributed by atoms with E-state index < -0.39 is 52.9 Å². The zero-order valence-corrected chi connectivity index (χ0v) is 45.9. The lowest BCUT2D eigenvalue weighted by Gasteiger charge is -2.58. The Bertz CT molecular complexity index is 3420. The number of H-pyrrole nitrogens is 1. The Morgan fingerprint density at radius 2 is 1.68 bits per heavy atom. The van der Waals surface area contributed by atoms with Crippen LogP contribution in [0.1, 0.15) is 111 Å². The number of amides is 1. The summed E-state index contributed by atoms with van der Waals surface area (Å²) in [5.41, 5.74) is 4.03. The Morgan fingerprint density at radius 3 is 2.38 bits per heavy atom. The fourth-order valence-corrected chi connectivity index (χ4v) is 13.5. The van der Waals surface area contributed by atoms with E-state index in [0.29, 0.717) is 49.9 Å². The summed E-state index contributed by atoms with van der Waals surface area (Å²) >= 11 is 0. The highest BCUT2D eigenvalue weighted by atomic mass is 32.2. The molecule has 1 atom stereocenters. The average molecular weight is 1110 g/mol. The fourth-order valence-electron chi connectivity index (χ4n) is 12.0. The van der Waals surface area contributed by atoms with E-state index in [2.05, 4.69) is 82.5 Å². The second-order valence-corrected chi connectivity index (χ2v) is 25.9. The number of carbonyl (C=O) groups is 1. The number of aromatic nitrogens is 3. The van der Waals surface area contributed by atoms with Crippen molar-refractivity contribution in [3.05, 3.63) is 136 Å². The summed E-state index contributed by atoms with van der Waals surface area (Å²) < 4.78 is 76.9. The molecule has 78 heavy (non-hydrogen) atoms. The molecule has 414 valence electrons. The largest absolute Gasteiger partial charge is 0.455 e. The predicted molar refractivity (Wildman–Crippen MR) is 296 cm³/mol. The molecule has 5 N–H and O–H groups in total. The molecule has 1 amide bonds. The first kappa shape index (κ1) is 54.6. The molecule has 5 heterocycles. The van der Waals surface area contributed by atoms with Gasteiger partial charge >= 0.3 is 5.69 Å². The van der Waals surface area contributed by atoms with Gasteiger partial charge in [0, 0.05) is 87.6 Å². The highest BCUT2D eigenvalue weighted by Gasteiger charge is 2.50. The first-order chi connectivity index (χ1) is 37.1. The summed E-state index contributed by atoms with van der Waals surface area (Å²) in [6.45, 7) is 11.5. The van der Waals surface area contributed by atoms with Crippen molar-refractivity contribution in [2.24, 2.45) is 11.3 Å². The van der Waals surface area contributed by atoms with E-state index in [0.717, 1.165) is 94.7 Å². The minimum Gasteiger partial charge on any atom is -0.455 e. The number of nitro groups is 1. The minimum absolute atomic E-state index is 0.0120. The second kappa shape index (κ2) is 21.8. The molecule has 2 aliphatic carbocycles. The lowest BCUT2D eigenvalue weighted by molar-refractivity contribution is -0.384. The Labute approximate surface area is 454 Å². The third-order valence-corrected chi connectivity index (χ3v) is 18.3. The van der Waals surface area contributed by atoms with Crippen molar-refractivity contribution in [3.63, 3.8) is 0 Å². The normalized spacial score (nSPS) is 21.3. The van der Waals surface area contributed by atoms with Crippen molar-refractivity contribution in [2.45, 2.75) is 107 Å². The van der Waals surface area contributed by atoms with Gasteiger partial charge in [-0.1, -0.05) is 50.2 Å². The van der Waals surface area contributed by atoms with Crippen LogP contribution in [0.3, 0.4) is 0 Å². The molecule has 6 aromatic rings. The van der Waals surface area contributed by atoms with E-state index in [1.165, 1.54) is 35.7 Å². The minimum atomic E-state index is -4.72. The van der Waals surface area contributed by atoms with Gasteiger partial charge in [-0.2, -0.15) is 0 Å². The lowest BCUT2D eigenvalue weighted by Crippen LogP contribution is -2.60. The van der Waals surface area contributed by atoms with Crippen molar-refractivity contribution in [2.75, 3.05) is 60.5 Å². The molecule has 0 bridgehead atoms. The van der Waals surface area contributed by atoms with Crippen LogP contribution in [0.5, 0.6) is 11.5 Å². The summed E-state index contributed by atoms with van der Waals surface area (Å²) in [5, 5.41) is 25.7. The number of aliphatic hydroxyl groups is 1. The quantitative estimate of drug-likeness (QED) is 0.0422. The van der Waals surface area contributed by atoms with Crippen molar-refractivity contribution >= 4 is 59.9 Å². The van der Waals surface area contributed by atoms with Gasteiger partial charge in [0.1, 0.15) is 27.9 Å². The number of aromatic amines is 1. The van der Waals surface area contributed by atoms with Crippen LogP contribution >= 0.6 is 0 Å². The van der Waals surface area contributed by atoms with E-state index in [4.69, 9.17) is 4.74 Å². The number of halogens is 1. The second-order valence-electron chi connectivity index (χ2n) is 22.4. The predicted octanol–water partition coefficient (Wildman–Crippen LogP) is 9.07. The van der Waals surface area contributed by atoms with Crippen molar-refractivity contribution in [3.8, 4) is 11.5 Å². The number of nitrogens with zero attached hydrogens (tertiary/aromatic N) is 6. The molecular weight excluding hydrogens is 1040 g/mol. The van der Waals surface area contributed by atoms with E-state index in [9.17, 15) is 41.2 Å². The van der Waals surface area contributed by atoms with Crippen LogP contribution in [-0.2, 0) is 26.6 Å². The zero-order chi connectivity index (χ0) is 55.1. The molecule has 22 heteroatoms. The number of anilines is 3. The zero-order valence-electron chi connectivity index (χ0n) is 44.2. The number of carbonyl (C=O) groups excluding carboxylic acids is 1. The fraction of sp³-hybridized carbons (Fsp3) is 0.446. The molecule has 3 aromatic heterocycles. The van der Waals surface area contributed by atoms with Crippen LogP contribution in [0.4, 0.5) is 27.3 Å². The number of hydrogen-bond acceptors (Lipinski definition) is 15. The van der Waals surface area contributed by atoms with Gasteiger partial charge in [-0.25, -0.2) is 35.9 Å². The van der Waals surface area contributed by atoms with Crippen molar-refractivity contribution in [1.29, 1.82) is 0 Å². The average Bonchev–Trinajstić information content (AvgIpc) is 3.79. The van der Waals surface area contributed by atoms with Gasteiger partial charge in [0.05, 0.1) is 40.1 Å². The Balaban J connectivity index is 0.831. The van der Waals surface area contributed by atoms with Crippen LogP contribution in [0.2, 0.25) is 0 Å². The molecular formula is C56H67FN10O9S2.